The fourth-order valence-electron chi connectivity index (χ4n) is 1.61. The van der Waals surface area contributed by atoms with Crippen molar-refractivity contribution >= 4 is 31.8 Å². The summed E-state index contributed by atoms with van der Waals surface area (Å²) < 4.78 is 27.8. The van der Waals surface area contributed by atoms with Gasteiger partial charge in [0.2, 0.25) is 0 Å². The summed E-state index contributed by atoms with van der Waals surface area (Å²) in [5, 5.41) is 9.53. The molecule has 0 atom stereocenters. The maximum absolute atomic E-state index is 12.4. The Morgan fingerprint density at radius 3 is 2.86 bits per heavy atom. The molecule has 2 heterocycles. The van der Waals surface area contributed by atoms with Gasteiger partial charge in [0.25, 0.3) is 10.0 Å². The van der Waals surface area contributed by atoms with Crippen LogP contribution in [0.2, 0.25) is 0 Å². The van der Waals surface area contributed by atoms with Crippen molar-refractivity contribution in [2.45, 2.75) is 31.5 Å². The molecule has 0 unspecified atom stereocenters. The predicted octanol–water partition coefficient (Wildman–Crippen LogP) is 1.87. The van der Waals surface area contributed by atoms with E-state index in [1.165, 1.54) is 12.4 Å². The minimum Gasteiger partial charge on any atom is -0.310 e. The molecule has 0 radical (unpaired) electrons. The molecular formula is C12H16BrN5O2S. The third kappa shape index (κ3) is 4.02. The van der Waals surface area contributed by atoms with Gasteiger partial charge in [0.15, 0.2) is 10.8 Å². The number of pyridine rings is 1. The molecule has 0 fully saturated rings. The van der Waals surface area contributed by atoms with E-state index in [1.54, 1.807) is 12.1 Å². The van der Waals surface area contributed by atoms with Gasteiger partial charge in [0, 0.05) is 24.3 Å². The lowest BCUT2D eigenvalue weighted by molar-refractivity contribution is 0.574. The summed E-state index contributed by atoms with van der Waals surface area (Å²) in [7, 11) is -3.77. The number of nitrogens with one attached hydrogen (secondary N) is 3. The minimum absolute atomic E-state index is 0.0354. The highest BCUT2D eigenvalue weighted by Gasteiger charge is 2.22. The molecule has 114 valence electrons. The third-order valence-electron chi connectivity index (χ3n) is 2.64. The largest absolute Gasteiger partial charge is 0.310 e. The van der Waals surface area contributed by atoms with Crippen LogP contribution in [0.5, 0.6) is 0 Å². The van der Waals surface area contributed by atoms with Crippen LogP contribution in [-0.4, -0.2) is 29.6 Å². The summed E-state index contributed by atoms with van der Waals surface area (Å²) in [5.41, 5.74) is 0.572. The zero-order valence-electron chi connectivity index (χ0n) is 11.6. The number of nitrogens with zero attached hydrogens (tertiary/aromatic N) is 2. The molecule has 21 heavy (non-hydrogen) atoms. The SMILES string of the molecule is CC(C)NCc1cn[nH]c1S(=O)(=O)Nc1ncccc1Br. The van der Waals surface area contributed by atoms with E-state index < -0.39 is 10.0 Å². The topological polar surface area (TPSA) is 99.8 Å². The predicted molar refractivity (Wildman–Crippen MR) is 83.3 cm³/mol. The van der Waals surface area contributed by atoms with E-state index in [4.69, 9.17) is 0 Å². The van der Waals surface area contributed by atoms with Crippen molar-refractivity contribution in [1.29, 1.82) is 0 Å². The van der Waals surface area contributed by atoms with E-state index in [1.807, 2.05) is 13.8 Å². The molecule has 0 bridgehead atoms. The maximum Gasteiger partial charge on any atom is 0.280 e. The van der Waals surface area contributed by atoms with E-state index >= 15 is 0 Å². The molecule has 0 saturated heterocycles. The molecule has 3 N–H and O–H groups in total. The number of hydrogen-bond donors (Lipinski definition) is 3. The van der Waals surface area contributed by atoms with Crippen LogP contribution < -0.4 is 10.0 Å². The number of aromatic amines is 1. The van der Waals surface area contributed by atoms with Gasteiger partial charge >= 0.3 is 0 Å². The minimum atomic E-state index is -3.77. The second-order valence-corrected chi connectivity index (χ2v) is 7.17. The highest BCUT2D eigenvalue weighted by molar-refractivity contribution is 9.10. The Balaban J connectivity index is 2.24. The van der Waals surface area contributed by atoms with Crippen molar-refractivity contribution in [2.75, 3.05) is 4.72 Å². The lowest BCUT2D eigenvalue weighted by atomic mass is 10.3. The Labute approximate surface area is 131 Å². The van der Waals surface area contributed by atoms with E-state index in [2.05, 4.69) is 41.2 Å². The zero-order chi connectivity index (χ0) is 15.5. The van der Waals surface area contributed by atoms with Crippen LogP contribution in [0.3, 0.4) is 0 Å². The lowest BCUT2D eigenvalue weighted by Crippen LogP contribution is -2.24. The highest BCUT2D eigenvalue weighted by atomic mass is 79.9. The van der Waals surface area contributed by atoms with E-state index in [-0.39, 0.29) is 16.9 Å². The quantitative estimate of drug-likeness (QED) is 0.717. The summed E-state index contributed by atoms with van der Waals surface area (Å²) in [6.45, 7) is 4.38. The normalized spacial score (nSPS) is 11.8. The van der Waals surface area contributed by atoms with Crippen molar-refractivity contribution in [3.8, 4) is 0 Å². The van der Waals surface area contributed by atoms with Crippen molar-refractivity contribution in [3.05, 3.63) is 34.6 Å². The van der Waals surface area contributed by atoms with Gasteiger partial charge in [0.1, 0.15) is 0 Å². The average molecular weight is 374 g/mol. The molecular weight excluding hydrogens is 358 g/mol. The number of aromatic nitrogens is 3. The number of H-pyrrole nitrogens is 1. The van der Waals surface area contributed by atoms with Crippen molar-refractivity contribution in [2.24, 2.45) is 0 Å². The van der Waals surface area contributed by atoms with Gasteiger partial charge in [0.05, 0.1) is 10.7 Å². The summed E-state index contributed by atoms with van der Waals surface area (Å²) in [6, 6.07) is 3.66. The first-order chi connectivity index (χ1) is 9.90. The van der Waals surface area contributed by atoms with Crippen molar-refractivity contribution in [3.63, 3.8) is 0 Å². The second-order valence-electron chi connectivity index (χ2n) is 4.70. The van der Waals surface area contributed by atoms with Crippen LogP contribution in [0.25, 0.3) is 0 Å². The number of halogens is 1. The van der Waals surface area contributed by atoms with Gasteiger partial charge in [-0.25, -0.2) is 4.98 Å². The smallest absolute Gasteiger partial charge is 0.280 e. The van der Waals surface area contributed by atoms with Gasteiger partial charge in [-0.3, -0.25) is 9.82 Å². The molecule has 0 amide bonds. The fourth-order valence-corrected chi connectivity index (χ4v) is 3.26. The molecule has 0 aliphatic heterocycles. The summed E-state index contributed by atoms with van der Waals surface area (Å²) in [5.74, 6) is 0.231. The summed E-state index contributed by atoms with van der Waals surface area (Å²) in [4.78, 5) is 3.99. The molecule has 2 rings (SSSR count). The molecule has 7 nitrogen and oxygen atoms in total. The fraction of sp³-hybridized carbons (Fsp3) is 0.333. The number of hydrogen-bond acceptors (Lipinski definition) is 5. The Morgan fingerprint density at radius 1 is 1.43 bits per heavy atom. The Bertz CT molecular complexity index is 714. The molecule has 0 aliphatic rings. The molecule has 0 aliphatic carbocycles. The first-order valence-corrected chi connectivity index (χ1v) is 8.56. The van der Waals surface area contributed by atoms with Crippen LogP contribution in [0.1, 0.15) is 19.4 Å². The number of rotatable bonds is 6. The van der Waals surface area contributed by atoms with Gasteiger partial charge < -0.3 is 5.32 Å². The Kier molecular flexibility index (Phi) is 4.96. The maximum atomic E-state index is 12.4. The average Bonchev–Trinajstić information content (AvgIpc) is 2.88. The number of anilines is 1. The molecule has 2 aromatic rings. The number of sulfonamides is 1. The zero-order valence-corrected chi connectivity index (χ0v) is 14.0. The van der Waals surface area contributed by atoms with Gasteiger partial charge in [-0.15, -0.1) is 0 Å². The van der Waals surface area contributed by atoms with Crippen LogP contribution in [-0.2, 0) is 16.6 Å². The van der Waals surface area contributed by atoms with Crippen molar-refractivity contribution in [1.82, 2.24) is 20.5 Å². The molecule has 0 aromatic carbocycles. The molecule has 9 heteroatoms. The standard InChI is InChI=1S/C12H16BrN5O2S/c1-8(2)15-6-9-7-16-17-12(9)21(19,20)18-11-10(13)4-3-5-14-11/h3-5,7-8,15H,6H2,1-2H3,(H,14,18)(H,16,17). The highest BCUT2D eigenvalue weighted by Crippen LogP contribution is 2.22. The monoisotopic (exact) mass is 373 g/mol. The van der Waals surface area contributed by atoms with Gasteiger partial charge in [-0.2, -0.15) is 13.5 Å². The van der Waals surface area contributed by atoms with Crippen molar-refractivity contribution < 1.29 is 8.42 Å². The third-order valence-corrected chi connectivity index (χ3v) is 4.63. The molecule has 0 saturated carbocycles. The van der Waals surface area contributed by atoms with Gasteiger partial charge in [-0.1, -0.05) is 13.8 Å². The Hall–Kier alpha value is -1.45. The van der Waals surface area contributed by atoms with Crippen LogP contribution >= 0.6 is 15.9 Å². The Morgan fingerprint density at radius 2 is 2.19 bits per heavy atom. The van der Waals surface area contributed by atoms with E-state index in [0.717, 1.165) is 0 Å². The van der Waals surface area contributed by atoms with E-state index in [0.29, 0.717) is 16.6 Å². The van der Waals surface area contributed by atoms with Crippen LogP contribution in [0.4, 0.5) is 5.82 Å². The first-order valence-electron chi connectivity index (χ1n) is 6.29. The summed E-state index contributed by atoms with van der Waals surface area (Å²) >= 11 is 3.25. The lowest BCUT2D eigenvalue weighted by Gasteiger charge is -2.10. The second kappa shape index (κ2) is 6.54. The summed E-state index contributed by atoms with van der Waals surface area (Å²) in [6.07, 6.45) is 3.01. The molecule has 2 aromatic heterocycles. The van der Waals surface area contributed by atoms with Crippen LogP contribution in [0, 0.1) is 0 Å². The molecule has 0 spiro atoms. The first kappa shape index (κ1) is 15.9. The van der Waals surface area contributed by atoms with E-state index in [9.17, 15) is 8.42 Å². The van der Waals surface area contributed by atoms with Crippen LogP contribution in [0.15, 0.2) is 34.0 Å². The van der Waals surface area contributed by atoms with Gasteiger partial charge in [-0.05, 0) is 28.1 Å².